The van der Waals surface area contributed by atoms with Crippen molar-refractivity contribution in [2.75, 3.05) is 19.6 Å². The normalized spacial score (nSPS) is 29.4. The Labute approximate surface area is 131 Å². The van der Waals surface area contributed by atoms with Crippen LogP contribution >= 0.6 is 0 Å². The molecule has 4 heteroatoms. The van der Waals surface area contributed by atoms with Crippen molar-refractivity contribution < 1.29 is 9.18 Å². The number of likely N-dealkylation sites (tertiary alicyclic amines) is 1. The summed E-state index contributed by atoms with van der Waals surface area (Å²) in [6, 6.07) is 6.93. The first-order valence-corrected chi connectivity index (χ1v) is 8.13. The highest BCUT2D eigenvalue weighted by atomic mass is 19.1. The summed E-state index contributed by atoms with van der Waals surface area (Å²) in [5.41, 5.74) is -0.0405. The van der Waals surface area contributed by atoms with Gasteiger partial charge in [-0.25, -0.2) is 4.39 Å². The smallest absolute Gasteiger partial charge is 0.231 e. The van der Waals surface area contributed by atoms with E-state index in [9.17, 15) is 9.18 Å². The first kappa shape index (κ1) is 15.5. The third-order valence-corrected chi connectivity index (χ3v) is 5.21. The molecule has 2 aliphatic heterocycles. The minimum absolute atomic E-state index is 0.0757. The average molecular weight is 304 g/mol. The monoisotopic (exact) mass is 304 g/mol. The number of rotatable bonds is 1. The number of carbonyl (C=O) groups excluding carboxylic acids is 1. The molecule has 0 aromatic heterocycles. The number of carbonyl (C=O) groups is 1. The number of piperidine rings is 1. The van der Waals surface area contributed by atoms with Crippen LogP contribution in [-0.2, 0) is 4.79 Å². The Kier molecular flexibility index (Phi) is 3.76. The van der Waals surface area contributed by atoms with E-state index in [1.807, 2.05) is 17.0 Å². The lowest BCUT2D eigenvalue weighted by Gasteiger charge is -2.38. The topological polar surface area (TPSA) is 32.3 Å². The molecule has 3 nitrogen and oxygen atoms in total. The van der Waals surface area contributed by atoms with Crippen LogP contribution in [0.15, 0.2) is 24.3 Å². The first-order valence-electron chi connectivity index (χ1n) is 8.13. The maximum atomic E-state index is 14.4. The van der Waals surface area contributed by atoms with Gasteiger partial charge in [0.2, 0.25) is 5.91 Å². The molecule has 2 fully saturated rings. The van der Waals surface area contributed by atoms with E-state index in [1.54, 1.807) is 6.07 Å². The maximum Gasteiger partial charge on any atom is 0.231 e. The minimum Gasteiger partial charge on any atom is -0.337 e. The molecule has 2 heterocycles. The van der Waals surface area contributed by atoms with Crippen molar-refractivity contribution in [2.24, 2.45) is 5.41 Å². The zero-order valence-electron chi connectivity index (χ0n) is 13.7. The van der Waals surface area contributed by atoms with Crippen molar-refractivity contribution in [3.05, 3.63) is 35.6 Å². The SMILES string of the molecule is CC(C)(C)N1C[C@@H](c2ccccc2F)[C@@]2(CCCNC2)C1=O. The standard InChI is InChI=1S/C18H25FN2O/c1-17(2,3)21-11-14(13-7-4-5-8-15(13)19)18(16(21)22)9-6-10-20-12-18/h4-5,7-8,14,20H,6,9-12H2,1-3H3/t14-,18-/m0/s1. The second-order valence-electron chi connectivity index (χ2n) is 7.60. The highest BCUT2D eigenvalue weighted by Crippen LogP contribution is 2.50. The summed E-state index contributed by atoms with van der Waals surface area (Å²) in [5.74, 6) is -0.0883. The number of amides is 1. The van der Waals surface area contributed by atoms with Crippen molar-refractivity contribution in [1.82, 2.24) is 10.2 Å². The molecule has 1 spiro atoms. The van der Waals surface area contributed by atoms with E-state index in [-0.39, 0.29) is 23.2 Å². The van der Waals surface area contributed by atoms with Gasteiger partial charge in [0.05, 0.1) is 5.41 Å². The summed E-state index contributed by atoms with van der Waals surface area (Å²) in [6.07, 6.45) is 1.80. The van der Waals surface area contributed by atoms with Crippen molar-refractivity contribution in [3.8, 4) is 0 Å². The van der Waals surface area contributed by atoms with Gasteiger partial charge in [0.1, 0.15) is 5.82 Å². The Morgan fingerprint density at radius 3 is 2.64 bits per heavy atom. The van der Waals surface area contributed by atoms with Gasteiger partial charge >= 0.3 is 0 Å². The van der Waals surface area contributed by atoms with E-state index in [0.29, 0.717) is 18.7 Å². The third-order valence-electron chi connectivity index (χ3n) is 5.21. The van der Waals surface area contributed by atoms with E-state index >= 15 is 0 Å². The highest BCUT2D eigenvalue weighted by molar-refractivity contribution is 5.87. The molecule has 0 aliphatic carbocycles. The molecule has 2 aliphatic rings. The van der Waals surface area contributed by atoms with Crippen LogP contribution in [0.2, 0.25) is 0 Å². The molecule has 1 amide bonds. The zero-order chi connectivity index (χ0) is 16.0. The quantitative estimate of drug-likeness (QED) is 0.865. The molecule has 120 valence electrons. The summed E-state index contributed by atoms with van der Waals surface area (Å²) in [6.45, 7) is 8.35. The lowest BCUT2D eigenvalue weighted by atomic mass is 9.69. The second-order valence-corrected chi connectivity index (χ2v) is 7.60. The summed E-state index contributed by atoms with van der Waals surface area (Å²) in [5, 5.41) is 3.37. The number of halogens is 1. The van der Waals surface area contributed by atoms with Gasteiger partial charge in [-0.1, -0.05) is 18.2 Å². The van der Waals surface area contributed by atoms with Crippen molar-refractivity contribution in [3.63, 3.8) is 0 Å². The molecule has 3 rings (SSSR count). The molecule has 0 saturated carbocycles. The van der Waals surface area contributed by atoms with Gasteiger partial charge in [-0.15, -0.1) is 0 Å². The fourth-order valence-corrected chi connectivity index (χ4v) is 4.00. The van der Waals surface area contributed by atoms with Gasteiger partial charge in [-0.05, 0) is 51.8 Å². The second kappa shape index (κ2) is 5.34. The number of benzene rings is 1. The van der Waals surface area contributed by atoms with Crippen LogP contribution in [0.5, 0.6) is 0 Å². The van der Waals surface area contributed by atoms with E-state index in [4.69, 9.17) is 0 Å². The van der Waals surface area contributed by atoms with Crippen LogP contribution in [-0.4, -0.2) is 36.0 Å². The molecule has 2 saturated heterocycles. The molecule has 0 bridgehead atoms. The van der Waals surface area contributed by atoms with Crippen molar-refractivity contribution in [1.29, 1.82) is 0 Å². The summed E-state index contributed by atoms with van der Waals surface area (Å²) in [7, 11) is 0. The Bertz CT molecular complexity index is 573. The first-order chi connectivity index (χ1) is 10.4. The van der Waals surface area contributed by atoms with E-state index < -0.39 is 5.41 Å². The van der Waals surface area contributed by atoms with Crippen molar-refractivity contribution >= 4 is 5.91 Å². The molecular formula is C18H25FN2O. The predicted octanol–water partition coefficient (Wildman–Crippen LogP) is 2.92. The Hall–Kier alpha value is -1.42. The van der Waals surface area contributed by atoms with Crippen LogP contribution < -0.4 is 5.32 Å². The van der Waals surface area contributed by atoms with Gasteiger partial charge in [0, 0.05) is 24.5 Å². The predicted molar refractivity (Wildman–Crippen MR) is 85.1 cm³/mol. The number of nitrogens with one attached hydrogen (secondary N) is 1. The van der Waals surface area contributed by atoms with Crippen molar-refractivity contribution in [2.45, 2.75) is 45.1 Å². The molecule has 2 atom stereocenters. The van der Waals surface area contributed by atoms with Crippen LogP contribution in [0.1, 0.15) is 45.1 Å². The van der Waals surface area contributed by atoms with Gasteiger partial charge in [-0.2, -0.15) is 0 Å². The van der Waals surface area contributed by atoms with Crippen LogP contribution in [0, 0.1) is 11.2 Å². The van der Waals surface area contributed by atoms with Gasteiger partial charge in [0.25, 0.3) is 0 Å². The van der Waals surface area contributed by atoms with E-state index in [0.717, 1.165) is 19.4 Å². The average Bonchev–Trinajstić information content (AvgIpc) is 2.74. The molecule has 0 radical (unpaired) electrons. The number of hydrogen-bond donors (Lipinski definition) is 1. The van der Waals surface area contributed by atoms with Crippen LogP contribution in [0.4, 0.5) is 4.39 Å². The third kappa shape index (κ3) is 2.34. The fraction of sp³-hybridized carbons (Fsp3) is 0.611. The van der Waals surface area contributed by atoms with Gasteiger partial charge in [0.15, 0.2) is 0 Å². The summed E-state index contributed by atoms with van der Waals surface area (Å²) >= 11 is 0. The van der Waals surface area contributed by atoms with Gasteiger partial charge in [-0.3, -0.25) is 4.79 Å². The largest absolute Gasteiger partial charge is 0.337 e. The molecule has 0 unspecified atom stereocenters. The number of nitrogens with zero attached hydrogens (tertiary/aromatic N) is 1. The van der Waals surface area contributed by atoms with Gasteiger partial charge < -0.3 is 10.2 Å². The maximum absolute atomic E-state index is 14.4. The number of hydrogen-bond acceptors (Lipinski definition) is 2. The highest BCUT2D eigenvalue weighted by Gasteiger charge is 2.56. The van der Waals surface area contributed by atoms with Crippen LogP contribution in [0.25, 0.3) is 0 Å². The minimum atomic E-state index is -0.492. The summed E-state index contributed by atoms with van der Waals surface area (Å²) in [4.78, 5) is 15.1. The zero-order valence-corrected chi connectivity index (χ0v) is 13.7. The fourth-order valence-electron chi connectivity index (χ4n) is 4.00. The van der Waals surface area contributed by atoms with E-state index in [2.05, 4.69) is 26.1 Å². The van der Waals surface area contributed by atoms with Crippen LogP contribution in [0.3, 0.4) is 0 Å². The molecule has 1 aromatic carbocycles. The molecular weight excluding hydrogens is 279 g/mol. The molecule has 22 heavy (non-hydrogen) atoms. The van der Waals surface area contributed by atoms with E-state index in [1.165, 1.54) is 6.07 Å². The lowest BCUT2D eigenvalue weighted by Crippen LogP contribution is -2.50. The molecule has 1 N–H and O–H groups in total. The lowest BCUT2D eigenvalue weighted by molar-refractivity contribution is -0.141. The Morgan fingerprint density at radius 2 is 2.05 bits per heavy atom. The Balaban J connectivity index is 2.06. The Morgan fingerprint density at radius 1 is 1.32 bits per heavy atom. The molecule has 1 aromatic rings. The summed E-state index contributed by atoms with van der Waals surface area (Å²) < 4.78 is 14.4.